The smallest absolute Gasteiger partial charge is 0.140 e. The number of nitrogens with one attached hydrogen (secondary N) is 1. The van der Waals surface area contributed by atoms with Crippen LogP contribution in [0, 0.1) is 0 Å². The van der Waals surface area contributed by atoms with Crippen molar-refractivity contribution in [3.05, 3.63) is 46.8 Å². The highest BCUT2D eigenvalue weighted by Gasteiger charge is 1.99. The molecule has 2 aromatic heterocycles. The van der Waals surface area contributed by atoms with E-state index in [2.05, 4.69) is 31.3 Å². The standard InChI is InChI=1S/C11H11BrN4O/c12-9-4-10(6-14-5-9)17-7-8-1-2-15-11(3-8)16-13/h1-6H,7,13H2,(H,15,16). The Labute approximate surface area is 107 Å². The number of aromatic nitrogens is 2. The van der Waals surface area contributed by atoms with Gasteiger partial charge in [-0.2, -0.15) is 0 Å². The van der Waals surface area contributed by atoms with Gasteiger partial charge in [0.15, 0.2) is 0 Å². The maximum absolute atomic E-state index is 5.58. The van der Waals surface area contributed by atoms with Gasteiger partial charge in [-0.3, -0.25) is 4.98 Å². The summed E-state index contributed by atoms with van der Waals surface area (Å²) < 4.78 is 6.47. The first-order chi connectivity index (χ1) is 8.28. The van der Waals surface area contributed by atoms with Gasteiger partial charge in [0.05, 0.1) is 6.20 Å². The predicted octanol–water partition coefficient (Wildman–Crippen LogP) is 2.10. The second-order valence-electron chi connectivity index (χ2n) is 3.32. The maximum Gasteiger partial charge on any atom is 0.140 e. The van der Waals surface area contributed by atoms with Gasteiger partial charge in [-0.1, -0.05) is 0 Å². The van der Waals surface area contributed by atoms with Crippen molar-refractivity contribution < 1.29 is 4.74 Å². The molecule has 2 rings (SSSR count). The molecule has 0 amide bonds. The van der Waals surface area contributed by atoms with E-state index < -0.39 is 0 Å². The van der Waals surface area contributed by atoms with Crippen LogP contribution in [0.4, 0.5) is 5.82 Å². The highest BCUT2D eigenvalue weighted by Crippen LogP contribution is 2.17. The Bertz CT molecular complexity index is 506. The zero-order valence-corrected chi connectivity index (χ0v) is 10.5. The molecule has 0 fully saturated rings. The van der Waals surface area contributed by atoms with E-state index in [1.165, 1.54) is 0 Å². The fraction of sp³-hybridized carbons (Fsp3) is 0.0909. The van der Waals surface area contributed by atoms with E-state index >= 15 is 0 Å². The molecule has 5 nitrogen and oxygen atoms in total. The van der Waals surface area contributed by atoms with Crippen LogP contribution in [0.5, 0.6) is 5.75 Å². The first kappa shape index (κ1) is 11.8. The molecule has 6 heteroatoms. The largest absolute Gasteiger partial charge is 0.487 e. The van der Waals surface area contributed by atoms with Crippen molar-refractivity contribution in [3.8, 4) is 5.75 Å². The Kier molecular flexibility index (Phi) is 3.89. The minimum Gasteiger partial charge on any atom is -0.487 e. The molecular weight excluding hydrogens is 284 g/mol. The molecule has 17 heavy (non-hydrogen) atoms. The molecule has 2 heterocycles. The predicted molar refractivity (Wildman–Crippen MR) is 68.3 cm³/mol. The van der Waals surface area contributed by atoms with Crippen molar-refractivity contribution in [1.82, 2.24) is 9.97 Å². The molecule has 0 aliphatic heterocycles. The van der Waals surface area contributed by atoms with Gasteiger partial charge in [-0.05, 0) is 39.7 Å². The summed E-state index contributed by atoms with van der Waals surface area (Å²) in [4.78, 5) is 8.03. The van der Waals surface area contributed by atoms with Crippen LogP contribution in [0.15, 0.2) is 41.3 Å². The Morgan fingerprint density at radius 3 is 3.00 bits per heavy atom. The summed E-state index contributed by atoms with van der Waals surface area (Å²) in [6.45, 7) is 0.440. The average Bonchev–Trinajstić information content (AvgIpc) is 2.37. The summed E-state index contributed by atoms with van der Waals surface area (Å²) in [5.74, 6) is 6.59. The molecule has 0 aromatic carbocycles. The van der Waals surface area contributed by atoms with Crippen LogP contribution in [-0.2, 0) is 6.61 Å². The molecule has 0 saturated carbocycles. The van der Waals surface area contributed by atoms with Crippen LogP contribution < -0.4 is 16.0 Å². The van der Waals surface area contributed by atoms with Crippen LogP contribution in [0.25, 0.3) is 0 Å². The maximum atomic E-state index is 5.58. The molecule has 0 spiro atoms. The number of nitrogens with two attached hydrogens (primary N) is 1. The van der Waals surface area contributed by atoms with Gasteiger partial charge in [0.25, 0.3) is 0 Å². The van der Waals surface area contributed by atoms with Gasteiger partial charge in [0, 0.05) is 16.9 Å². The van der Waals surface area contributed by atoms with Crippen LogP contribution >= 0.6 is 15.9 Å². The van der Waals surface area contributed by atoms with E-state index in [0.29, 0.717) is 18.2 Å². The highest BCUT2D eigenvalue weighted by molar-refractivity contribution is 9.10. The van der Waals surface area contributed by atoms with E-state index in [1.54, 1.807) is 18.6 Å². The lowest BCUT2D eigenvalue weighted by atomic mass is 10.3. The molecule has 2 aromatic rings. The molecule has 0 bridgehead atoms. The third-order valence-corrected chi connectivity index (χ3v) is 2.49. The second-order valence-corrected chi connectivity index (χ2v) is 4.24. The van der Waals surface area contributed by atoms with Crippen LogP contribution in [0.2, 0.25) is 0 Å². The van der Waals surface area contributed by atoms with Crippen LogP contribution in [0.1, 0.15) is 5.56 Å². The average molecular weight is 295 g/mol. The third-order valence-electron chi connectivity index (χ3n) is 2.06. The number of nitrogen functional groups attached to an aromatic ring is 1. The Balaban J connectivity index is 2.02. The normalized spacial score (nSPS) is 10.0. The lowest BCUT2D eigenvalue weighted by molar-refractivity contribution is 0.304. The summed E-state index contributed by atoms with van der Waals surface area (Å²) in [5.41, 5.74) is 3.47. The van der Waals surface area contributed by atoms with Crippen LogP contribution in [-0.4, -0.2) is 9.97 Å². The minimum atomic E-state index is 0.440. The summed E-state index contributed by atoms with van der Waals surface area (Å²) >= 11 is 3.33. The lowest BCUT2D eigenvalue weighted by Crippen LogP contribution is -2.09. The number of rotatable bonds is 4. The van der Waals surface area contributed by atoms with Crippen molar-refractivity contribution in [2.24, 2.45) is 5.84 Å². The van der Waals surface area contributed by atoms with E-state index in [-0.39, 0.29) is 0 Å². The molecule has 0 atom stereocenters. The number of ether oxygens (including phenoxy) is 1. The molecule has 0 radical (unpaired) electrons. The van der Waals surface area contributed by atoms with Gasteiger partial charge in [0.2, 0.25) is 0 Å². The number of pyridine rings is 2. The minimum absolute atomic E-state index is 0.440. The number of hydrogen-bond donors (Lipinski definition) is 2. The number of hydrazine groups is 1. The fourth-order valence-corrected chi connectivity index (χ4v) is 1.62. The summed E-state index contributed by atoms with van der Waals surface area (Å²) in [6, 6.07) is 5.55. The third kappa shape index (κ3) is 3.40. The molecule has 88 valence electrons. The number of nitrogens with zero attached hydrogens (tertiary/aromatic N) is 2. The Hall–Kier alpha value is -1.66. The highest BCUT2D eigenvalue weighted by atomic mass is 79.9. The topological polar surface area (TPSA) is 73.1 Å². The molecule has 3 N–H and O–H groups in total. The fourth-order valence-electron chi connectivity index (χ4n) is 1.28. The van der Waals surface area contributed by atoms with Crippen molar-refractivity contribution in [2.75, 3.05) is 5.43 Å². The van der Waals surface area contributed by atoms with Crippen molar-refractivity contribution in [3.63, 3.8) is 0 Å². The van der Waals surface area contributed by atoms with E-state index in [1.807, 2.05) is 18.2 Å². The van der Waals surface area contributed by atoms with Crippen molar-refractivity contribution in [1.29, 1.82) is 0 Å². The Morgan fingerprint density at radius 2 is 2.24 bits per heavy atom. The summed E-state index contributed by atoms with van der Waals surface area (Å²) in [6.07, 6.45) is 5.04. The number of halogens is 1. The zero-order valence-electron chi connectivity index (χ0n) is 8.93. The molecule has 0 saturated heterocycles. The zero-order chi connectivity index (χ0) is 12.1. The van der Waals surface area contributed by atoms with E-state index in [0.717, 1.165) is 10.0 Å². The summed E-state index contributed by atoms with van der Waals surface area (Å²) in [7, 11) is 0. The molecule has 0 aliphatic rings. The molecular formula is C11H11BrN4O. The van der Waals surface area contributed by atoms with Gasteiger partial charge < -0.3 is 10.2 Å². The van der Waals surface area contributed by atoms with Gasteiger partial charge in [-0.25, -0.2) is 10.8 Å². The Morgan fingerprint density at radius 1 is 1.35 bits per heavy atom. The molecule has 0 unspecified atom stereocenters. The lowest BCUT2D eigenvalue weighted by Gasteiger charge is -2.07. The quantitative estimate of drug-likeness (QED) is 0.667. The van der Waals surface area contributed by atoms with E-state index in [4.69, 9.17) is 10.6 Å². The number of anilines is 1. The first-order valence-electron chi connectivity index (χ1n) is 4.93. The van der Waals surface area contributed by atoms with Crippen molar-refractivity contribution in [2.45, 2.75) is 6.61 Å². The van der Waals surface area contributed by atoms with Gasteiger partial charge in [0.1, 0.15) is 18.2 Å². The SMILES string of the molecule is NNc1cc(COc2cncc(Br)c2)ccn1. The second kappa shape index (κ2) is 5.60. The number of hydrogen-bond acceptors (Lipinski definition) is 5. The monoisotopic (exact) mass is 294 g/mol. The van der Waals surface area contributed by atoms with Gasteiger partial charge in [-0.15, -0.1) is 0 Å². The van der Waals surface area contributed by atoms with Gasteiger partial charge >= 0.3 is 0 Å². The van der Waals surface area contributed by atoms with Crippen molar-refractivity contribution >= 4 is 21.7 Å². The summed E-state index contributed by atoms with van der Waals surface area (Å²) in [5, 5.41) is 0. The van der Waals surface area contributed by atoms with Crippen LogP contribution in [0.3, 0.4) is 0 Å². The van der Waals surface area contributed by atoms with E-state index in [9.17, 15) is 0 Å². The first-order valence-corrected chi connectivity index (χ1v) is 5.72. The molecule has 0 aliphatic carbocycles.